The third-order valence-electron chi connectivity index (χ3n) is 5.57. The van der Waals surface area contributed by atoms with Crippen molar-refractivity contribution in [2.75, 3.05) is 19.6 Å². The number of amides is 1. The second-order valence-electron chi connectivity index (χ2n) is 6.99. The van der Waals surface area contributed by atoms with Gasteiger partial charge in [0, 0.05) is 54.6 Å². The van der Waals surface area contributed by atoms with Crippen molar-refractivity contribution in [1.29, 1.82) is 0 Å². The van der Waals surface area contributed by atoms with Crippen LogP contribution < -0.4 is 5.32 Å². The number of nitrogens with zero attached hydrogens (tertiary/aromatic N) is 2. The smallest absolute Gasteiger partial charge is 0.254 e. The number of likely N-dealkylation sites (tertiary alicyclic amines) is 1. The monoisotopic (exact) mass is 332 g/mol. The first-order chi connectivity index (χ1) is 12.3. The van der Waals surface area contributed by atoms with Gasteiger partial charge in [-0.3, -0.25) is 4.79 Å². The van der Waals surface area contributed by atoms with Crippen molar-refractivity contribution in [1.82, 2.24) is 20.2 Å². The number of hydrogen-bond donors (Lipinski definition) is 2. The number of benzene rings is 1. The maximum atomic E-state index is 12.9. The number of hydrogen-bond acceptors (Lipinski definition) is 3. The van der Waals surface area contributed by atoms with Gasteiger partial charge in [-0.1, -0.05) is 12.1 Å². The summed E-state index contributed by atoms with van der Waals surface area (Å²) in [5.74, 6) is 0.782. The van der Waals surface area contributed by atoms with Crippen LogP contribution in [0.1, 0.15) is 16.8 Å². The average Bonchev–Trinajstić information content (AvgIpc) is 3.37. The van der Waals surface area contributed by atoms with E-state index in [4.69, 9.17) is 0 Å². The highest BCUT2D eigenvalue weighted by Crippen LogP contribution is 2.29. The Morgan fingerprint density at radius 2 is 2.00 bits per heavy atom. The van der Waals surface area contributed by atoms with Crippen LogP contribution in [0.3, 0.4) is 0 Å². The van der Waals surface area contributed by atoms with E-state index in [2.05, 4.69) is 21.4 Å². The summed E-state index contributed by atoms with van der Waals surface area (Å²) in [6, 6.07) is 12.4. The molecule has 0 bridgehead atoms. The highest BCUT2D eigenvalue weighted by atomic mass is 16.2. The topological polar surface area (TPSA) is 61.0 Å². The number of carbonyl (C=O) groups is 1. The van der Waals surface area contributed by atoms with Gasteiger partial charge in [0.15, 0.2) is 0 Å². The second-order valence-corrected chi connectivity index (χ2v) is 6.99. The Hall–Kier alpha value is -2.66. The van der Waals surface area contributed by atoms with E-state index in [0.29, 0.717) is 12.0 Å². The molecular formula is C20H20N4O. The summed E-state index contributed by atoms with van der Waals surface area (Å²) in [6.45, 7) is 2.85. The van der Waals surface area contributed by atoms with Gasteiger partial charge in [0.1, 0.15) is 5.65 Å². The molecule has 2 aliphatic rings. The van der Waals surface area contributed by atoms with E-state index in [0.717, 1.165) is 53.8 Å². The van der Waals surface area contributed by atoms with Crippen LogP contribution in [0.4, 0.5) is 0 Å². The Morgan fingerprint density at radius 1 is 1.12 bits per heavy atom. The van der Waals surface area contributed by atoms with Crippen LogP contribution in [0.5, 0.6) is 0 Å². The van der Waals surface area contributed by atoms with E-state index in [1.54, 1.807) is 0 Å². The highest BCUT2D eigenvalue weighted by Gasteiger charge is 2.39. The Kier molecular flexibility index (Phi) is 3.35. The predicted octanol–water partition coefficient (Wildman–Crippen LogP) is 2.66. The van der Waals surface area contributed by atoms with Gasteiger partial charge in [0.05, 0.1) is 0 Å². The lowest BCUT2D eigenvalue weighted by molar-refractivity contribution is 0.0737. The molecule has 4 heterocycles. The molecule has 0 aliphatic carbocycles. The first-order valence-corrected chi connectivity index (χ1v) is 8.85. The van der Waals surface area contributed by atoms with E-state index in [1.165, 1.54) is 0 Å². The van der Waals surface area contributed by atoms with Gasteiger partial charge < -0.3 is 15.2 Å². The number of aromatic nitrogens is 2. The largest absolute Gasteiger partial charge is 0.346 e. The number of nitrogens with one attached hydrogen (secondary N) is 2. The normalized spacial score (nSPS) is 22.5. The molecule has 126 valence electrons. The van der Waals surface area contributed by atoms with Gasteiger partial charge in [0.2, 0.25) is 0 Å². The molecule has 0 radical (unpaired) electrons. The highest BCUT2D eigenvalue weighted by molar-refractivity contribution is 5.95. The van der Waals surface area contributed by atoms with Gasteiger partial charge in [-0.05, 0) is 42.2 Å². The number of fused-ring (bicyclic) bond motifs is 2. The van der Waals surface area contributed by atoms with Crippen LogP contribution in [0.15, 0.2) is 48.8 Å². The minimum absolute atomic E-state index is 0.155. The maximum Gasteiger partial charge on any atom is 0.254 e. The van der Waals surface area contributed by atoms with Gasteiger partial charge >= 0.3 is 0 Å². The summed E-state index contributed by atoms with van der Waals surface area (Å²) in [6.07, 6.45) is 4.87. The first-order valence-electron chi connectivity index (χ1n) is 8.85. The molecule has 3 aromatic rings. The van der Waals surface area contributed by atoms with Crippen molar-refractivity contribution in [2.45, 2.75) is 12.5 Å². The third kappa shape index (κ3) is 2.43. The summed E-state index contributed by atoms with van der Waals surface area (Å²) >= 11 is 0. The fraction of sp³-hybridized carbons (Fsp3) is 0.300. The van der Waals surface area contributed by atoms with Crippen LogP contribution in [0.25, 0.3) is 22.2 Å². The Balaban J connectivity index is 1.40. The Labute approximate surface area is 146 Å². The molecule has 2 fully saturated rings. The number of pyridine rings is 1. The number of rotatable bonds is 2. The minimum atomic E-state index is 0.155. The van der Waals surface area contributed by atoms with Crippen LogP contribution in [-0.2, 0) is 0 Å². The fourth-order valence-corrected chi connectivity index (χ4v) is 4.17. The van der Waals surface area contributed by atoms with Crippen molar-refractivity contribution < 1.29 is 4.79 Å². The zero-order valence-electron chi connectivity index (χ0n) is 13.9. The van der Waals surface area contributed by atoms with E-state index in [1.807, 2.05) is 47.6 Å². The van der Waals surface area contributed by atoms with Gasteiger partial charge in [-0.15, -0.1) is 0 Å². The van der Waals surface area contributed by atoms with Crippen LogP contribution in [0, 0.1) is 5.92 Å². The van der Waals surface area contributed by atoms with Gasteiger partial charge in [-0.2, -0.15) is 0 Å². The summed E-state index contributed by atoms with van der Waals surface area (Å²) < 4.78 is 0. The standard InChI is InChI=1S/C20H20N4O/c25-20(24-8-6-16-10-21-12-18(16)24)14-3-1-13(2-4-14)17-9-15-5-7-22-19(15)23-11-17/h1-5,7,9,11,16,18,21H,6,8,10,12H2,(H,22,23)/t16-,18+/m0/s1. The summed E-state index contributed by atoms with van der Waals surface area (Å²) in [5, 5.41) is 4.49. The molecule has 5 rings (SSSR count). The SMILES string of the molecule is O=C(c1ccc(-c2cnc3[nH]ccc3c2)cc1)N1CC[C@H]2CNC[C@H]21. The molecule has 2 saturated heterocycles. The molecule has 5 heteroatoms. The molecule has 5 nitrogen and oxygen atoms in total. The fourth-order valence-electron chi connectivity index (χ4n) is 4.17. The van der Waals surface area contributed by atoms with Gasteiger partial charge in [0.25, 0.3) is 5.91 Å². The van der Waals surface area contributed by atoms with Crippen molar-refractivity contribution in [3.63, 3.8) is 0 Å². The van der Waals surface area contributed by atoms with E-state index < -0.39 is 0 Å². The molecule has 0 spiro atoms. The Bertz CT molecular complexity index is 930. The lowest BCUT2D eigenvalue weighted by atomic mass is 10.0. The minimum Gasteiger partial charge on any atom is -0.346 e. The quantitative estimate of drug-likeness (QED) is 0.758. The maximum absolute atomic E-state index is 12.9. The van der Waals surface area contributed by atoms with Crippen LogP contribution >= 0.6 is 0 Å². The molecular weight excluding hydrogens is 312 g/mol. The van der Waals surface area contributed by atoms with E-state index in [-0.39, 0.29) is 5.91 Å². The van der Waals surface area contributed by atoms with E-state index >= 15 is 0 Å². The molecule has 1 aromatic carbocycles. The molecule has 1 amide bonds. The molecule has 0 saturated carbocycles. The molecule has 2 atom stereocenters. The predicted molar refractivity (Wildman–Crippen MR) is 97.3 cm³/mol. The number of H-pyrrole nitrogens is 1. The number of carbonyl (C=O) groups excluding carboxylic acids is 1. The van der Waals surface area contributed by atoms with E-state index in [9.17, 15) is 4.79 Å². The zero-order chi connectivity index (χ0) is 16.8. The summed E-state index contributed by atoms with van der Waals surface area (Å²) in [5.41, 5.74) is 3.80. The molecule has 25 heavy (non-hydrogen) atoms. The Morgan fingerprint density at radius 3 is 2.88 bits per heavy atom. The summed E-state index contributed by atoms with van der Waals surface area (Å²) in [4.78, 5) is 22.4. The lowest BCUT2D eigenvalue weighted by Crippen LogP contribution is -2.39. The van der Waals surface area contributed by atoms with Crippen molar-refractivity contribution in [3.05, 3.63) is 54.4 Å². The zero-order valence-corrected chi connectivity index (χ0v) is 13.9. The van der Waals surface area contributed by atoms with Crippen LogP contribution in [-0.4, -0.2) is 46.5 Å². The molecule has 2 aromatic heterocycles. The first kappa shape index (κ1) is 14.7. The van der Waals surface area contributed by atoms with Crippen molar-refractivity contribution >= 4 is 16.9 Å². The van der Waals surface area contributed by atoms with Gasteiger partial charge in [-0.25, -0.2) is 4.98 Å². The van der Waals surface area contributed by atoms with Crippen LogP contribution in [0.2, 0.25) is 0 Å². The molecule has 2 N–H and O–H groups in total. The second kappa shape index (κ2) is 5.70. The van der Waals surface area contributed by atoms with Crippen molar-refractivity contribution in [3.8, 4) is 11.1 Å². The third-order valence-corrected chi connectivity index (χ3v) is 5.57. The number of aromatic amines is 1. The molecule has 0 unspecified atom stereocenters. The summed E-state index contributed by atoms with van der Waals surface area (Å²) in [7, 11) is 0. The molecule has 2 aliphatic heterocycles. The average molecular weight is 332 g/mol. The lowest BCUT2D eigenvalue weighted by Gasteiger charge is -2.23. The van der Waals surface area contributed by atoms with Crippen molar-refractivity contribution in [2.24, 2.45) is 5.92 Å².